The Morgan fingerprint density at radius 2 is 1.95 bits per heavy atom. The summed E-state index contributed by atoms with van der Waals surface area (Å²) in [4.78, 5) is 3.75. The third-order valence-corrected chi connectivity index (χ3v) is 2.66. The number of aromatic nitrogens is 1. The molecular formula is C14H13F3N2. The average molecular weight is 266 g/mol. The fraction of sp³-hybridized carbons (Fsp3) is 0.214. The monoisotopic (exact) mass is 266 g/mol. The largest absolute Gasteiger partial charge is 0.419 e. The second kappa shape index (κ2) is 5.30. The molecule has 0 saturated carbocycles. The van der Waals surface area contributed by atoms with Crippen molar-refractivity contribution in [3.05, 3.63) is 59.3 Å². The number of nitrogens with one attached hydrogen (secondary N) is 1. The quantitative estimate of drug-likeness (QED) is 0.907. The van der Waals surface area contributed by atoms with E-state index in [0.717, 1.165) is 17.2 Å². The molecule has 1 aromatic heterocycles. The SMILES string of the molecule is Cc1cccc(CNc2ncccc2C(F)(F)F)c1. The molecule has 1 N–H and O–H groups in total. The fourth-order valence-corrected chi connectivity index (χ4v) is 1.78. The zero-order valence-electron chi connectivity index (χ0n) is 10.3. The molecule has 19 heavy (non-hydrogen) atoms. The predicted octanol–water partition coefficient (Wildman–Crippen LogP) is 4.02. The highest BCUT2D eigenvalue weighted by atomic mass is 19.4. The fourth-order valence-electron chi connectivity index (χ4n) is 1.78. The van der Waals surface area contributed by atoms with Crippen LogP contribution in [0.2, 0.25) is 0 Å². The molecule has 2 rings (SSSR count). The molecule has 0 radical (unpaired) electrons. The highest BCUT2D eigenvalue weighted by Crippen LogP contribution is 2.33. The molecule has 1 aromatic carbocycles. The molecule has 1 heterocycles. The summed E-state index contributed by atoms with van der Waals surface area (Å²) >= 11 is 0. The van der Waals surface area contributed by atoms with E-state index >= 15 is 0 Å². The topological polar surface area (TPSA) is 24.9 Å². The molecule has 5 heteroatoms. The first-order valence-electron chi connectivity index (χ1n) is 5.78. The molecule has 100 valence electrons. The third-order valence-electron chi connectivity index (χ3n) is 2.66. The summed E-state index contributed by atoms with van der Waals surface area (Å²) in [5.74, 6) is -0.142. The van der Waals surface area contributed by atoms with Crippen LogP contribution in [0.15, 0.2) is 42.6 Å². The number of aryl methyl sites for hydroxylation is 1. The number of halogens is 3. The molecule has 0 aliphatic carbocycles. The summed E-state index contributed by atoms with van der Waals surface area (Å²) < 4.78 is 38.3. The number of rotatable bonds is 3. The smallest absolute Gasteiger partial charge is 0.365 e. The Hall–Kier alpha value is -2.04. The molecule has 0 aliphatic rings. The van der Waals surface area contributed by atoms with E-state index in [0.29, 0.717) is 6.54 Å². The van der Waals surface area contributed by atoms with Crippen LogP contribution in [-0.2, 0) is 12.7 Å². The molecule has 0 amide bonds. The third kappa shape index (κ3) is 3.47. The van der Waals surface area contributed by atoms with Gasteiger partial charge < -0.3 is 5.32 Å². The first-order valence-corrected chi connectivity index (χ1v) is 5.78. The van der Waals surface area contributed by atoms with Crippen molar-refractivity contribution in [3.8, 4) is 0 Å². The highest BCUT2D eigenvalue weighted by molar-refractivity contribution is 5.46. The van der Waals surface area contributed by atoms with Crippen LogP contribution in [0.5, 0.6) is 0 Å². The Bertz CT molecular complexity index is 565. The van der Waals surface area contributed by atoms with Gasteiger partial charge in [0.25, 0.3) is 0 Å². The van der Waals surface area contributed by atoms with Gasteiger partial charge in [0.1, 0.15) is 5.82 Å². The number of hydrogen-bond donors (Lipinski definition) is 1. The van der Waals surface area contributed by atoms with Gasteiger partial charge in [-0.3, -0.25) is 0 Å². The number of hydrogen-bond acceptors (Lipinski definition) is 2. The van der Waals surface area contributed by atoms with Crippen molar-refractivity contribution in [2.75, 3.05) is 5.32 Å². The van der Waals surface area contributed by atoms with E-state index in [-0.39, 0.29) is 5.82 Å². The van der Waals surface area contributed by atoms with Crippen LogP contribution in [0.25, 0.3) is 0 Å². The summed E-state index contributed by atoms with van der Waals surface area (Å²) in [5, 5.41) is 2.73. The van der Waals surface area contributed by atoms with Gasteiger partial charge in [0.2, 0.25) is 0 Å². The summed E-state index contributed by atoms with van der Waals surface area (Å²) in [6, 6.07) is 9.88. The standard InChI is InChI=1S/C14H13F3N2/c1-10-4-2-5-11(8-10)9-19-13-12(14(15,16)17)6-3-7-18-13/h2-8H,9H2,1H3,(H,18,19). The van der Waals surface area contributed by atoms with E-state index in [1.807, 2.05) is 31.2 Å². The summed E-state index contributed by atoms with van der Waals surface area (Å²) in [7, 11) is 0. The number of pyridine rings is 1. The predicted molar refractivity (Wildman–Crippen MR) is 67.7 cm³/mol. The number of anilines is 1. The molecule has 0 atom stereocenters. The van der Waals surface area contributed by atoms with Gasteiger partial charge in [0.05, 0.1) is 5.56 Å². The lowest BCUT2D eigenvalue weighted by molar-refractivity contribution is -0.137. The molecule has 0 spiro atoms. The lowest BCUT2D eigenvalue weighted by atomic mass is 10.1. The Labute approximate surface area is 109 Å². The first kappa shape index (κ1) is 13.4. The van der Waals surface area contributed by atoms with Crippen LogP contribution in [0.3, 0.4) is 0 Å². The number of alkyl halides is 3. The zero-order valence-corrected chi connectivity index (χ0v) is 10.3. The Kier molecular flexibility index (Phi) is 3.74. The van der Waals surface area contributed by atoms with Gasteiger partial charge in [-0.2, -0.15) is 13.2 Å². The Morgan fingerprint density at radius 1 is 1.16 bits per heavy atom. The molecule has 0 bridgehead atoms. The van der Waals surface area contributed by atoms with Crippen LogP contribution in [-0.4, -0.2) is 4.98 Å². The lowest BCUT2D eigenvalue weighted by Gasteiger charge is -2.13. The molecule has 0 aliphatic heterocycles. The van der Waals surface area contributed by atoms with Crippen molar-refractivity contribution in [1.29, 1.82) is 0 Å². The van der Waals surface area contributed by atoms with Crippen LogP contribution >= 0.6 is 0 Å². The van der Waals surface area contributed by atoms with Crippen molar-refractivity contribution < 1.29 is 13.2 Å². The average Bonchev–Trinajstić information content (AvgIpc) is 2.36. The normalized spacial score (nSPS) is 11.4. The first-order chi connectivity index (χ1) is 8.97. The van der Waals surface area contributed by atoms with Gasteiger partial charge in [-0.15, -0.1) is 0 Å². The van der Waals surface area contributed by atoms with Gasteiger partial charge in [-0.25, -0.2) is 4.98 Å². The van der Waals surface area contributed by atoms with Gasteiger partial charge in [-0.1, -0.05) is 29.8 Å². The summed E-state index contributed by atoms with van der Waals surface area (Å²) in [6.07, 6.45) is -3.06. The van der Waals surface area contributed by atoms with Gasteiger partial charge in [0, 0.05) is 12.7 Å². The van der Waals surface area contributed by atoms with Crippen LogP contribution in [0, 0.1) is 6.92 Å². The maximum Gasteiger partial charge on any atom is 0.419 e. The van der Waals surface area contributed by atoms with E-state index in [9.17, 15) is 13.2 Å². The van der Waals surface area contributed by atoms with Gasteiger partial charge in [-0.05, 0) is 24.6 Å². The Morgan fingerprint density at radius 3 is 2.63 bits per heavy atom. The molecule has 0 unspecified atom stereocenters. The lowest BCUT2D eigenvalue weighted by Crippen LogP contribution is -2.12. The second-order valence-corrected chi connectivity index (χ2v) is 4.24. The van der Waals surface area contributed by atoms with E-state index in [1.165, 1.54) is 12.3 Å². The molecule has 0 fully saturated rings. The van der Waals surface area contributed by atoms with Gasteiger partial charge in [0.15, 0.2) is 0 Å². The van der Waals surface area contributed by atoms with Crippen LogP contribution in [0.1, 0.15) is 16.7 Å². The zero-order chi connectivity index (χ0) is 13.9. The highest BCUT2D eigenvalue weighted by Gasteiger charge is 2.33. The molecule has 0 saturated heterocycles. The van der Waals surface area contributed by atoms with E-state index in [2.05, 4.69) is 10.3 Å². The summed E-state index contributed by atoms with van der Waals surface area (Å²) in [6.45, 7) is 2.24. The molecule has 2 nitrogen and oxygen atoms in total. The Balaban J connectivity index is 2.16. The van der Waals surface area contributed by atoms with E-state index in [1.54, 1.807) is 0 Å². The van der Waals surface area contributed by atoms with Crippen molar-refractivity contribution in [2.45, 2.75) is 19.6 Å². The van der Waals surface area contributed by atoms with Crippen molar-refractivity contribution >= 4 is 5.82 Å². The van der Waals surface area contributed by atoms with Crippen molar-refractivity contribution in [2.24, 2.45) is 0 Å². The minimum Gasteiger partial charge on any atom is -0.365 e. The minimum absolute atomic E-state index is 0.142. The van der Waals surface area contributed by atoms with E-state index < -0.39 is 11.7 Å². The van der Waals surface area contributed by atoms with Gasteiger partial charge >= 0.3 is 6.18 Å². The van der Waals surface area contributed by atoms with Crippen molar-refractivity contribution in [3.63, 3.8) is 0 Å². The summed E-state index contributed by atoms with van der Waals surface area (Å²) in [5.41, 5.74) is 1.23. The van der Waals surface area contributed by atoms with E-state index in [4.69, 9.17) is 0 Å². The minimum atomic E-state index is -4.40. The molecular weight excluding hydrogens is 253 g/mol. The second-order valence-electron chi connectivity index (χ2n) is 4.24. The van der Waals surface area contributed by atoms with Crippen LogP contribution < -0.4 is 5.32 Å². The molecule has 2 aromatic rings. The maximum absolute atomic E-state index is 12.8. The number of nitrogens with zero attached hydrogens (tertiary/aromatic N) is 1. The number of benzene rings is 1. The maximum atomic E-state index is 12.8. The van der Waals surface area contributed by atoms with Crippen molar-refractivity contribution in [1.82, 2.24) is 4.98 Å². The van der Waals surface area contributed by atoms with Crippen LogP contribution in [0.4, 0.5) is 19.0 Å².